The monoisotopic (exact) mass is 406 g/mol. The van der Waals surface area contributed by atoms with Crippen LogP contribution in [0, 0.1) is 5.92 Å². The van der Waals surface area contributed by atoms with Crippen LogP contribution in [-0.4, -0.2) is 24.4 Å². The number of ether oxygens (including phenoxy) is 2. The van der Waals surface area contributed by atoms with Crippen molar-refractivity contribution in [1.29, 1.82) is 0 Å². The van der Waals surface area contributed by atoms with Gasteiger partial charge in [0.05, 0.1) is 22.5 Å². The molecule has 0 amide bonds. The third kappa shape index (κ3) is 4.64. The molecule has 0 saturated carbocycles. The zero-order chi connectivity index (χ0) is 20.1. The normalized spacial score (nSPS) is 17.4. The molecule has 1 fully saturated rings. The van der Waals surface area contributed by atoms with E-state index in [0.717, 1.165) is 27.5 Å². The van der Waals surface area contributed by atoms with Crippen LogP contribution in [0.2, 0.25) is 0 Å². The lowest BCUT2D eigenvalue weighted by Gasteiger charge is -2.13. The molecule has 148 valence electrons. The number of benzene rings is 2. The molecule has 29 heavy (non-hydrogen) atoms. The van der Waals surface area contributed by atoms with Crippen molar-refractivity contribution in [3.63, 3.8) is 0 Å². The average molecular weight is 407 g/mol. The Kier molecular flexibility index (Phi) is 5.88. The number of fused-ring (bicyclic) bond motifs is 1. The summed E-state index contributed by atoms with van der Waals surface area (Å²) in [6, 6.07) is 15.7. The Morgan fingerprint density at radius 1 is 1.28 bits per heavy atom. The highest BCUT2D eigenvalue weighted by Gasteiger charge is 2.22. The average Bonchev–Trinajstić information content (AvgIpc) is 3.41. The largest absolute Gasteiger partial charge is 0.437 e. The molecule has 2 aromatic carbocycles. The summed E-state index contributed by atoms with van der Waals surface area (Å²) in [5.41, 5.74) is 8.79. The van der Waals surface area contributed by atoms with Crippen molar-refractivity contribution in [3.8, 4) is 5.75 Å². The fourth-order valence-corrected chi connectivity index (χ4v) is 3.89. The van der Waals surface area contributed by atoms with Crippen LogP contribution in [0.4, 0.5) is 10.8 Å². The maximum atomic E-state index is 6.29. The van der Waals surface area contributed by atoms with E-state index in [0.29, 0.717) is 30.5 Å². The van der Waals surface area contributed by atoms with Gasteiger partial charge in [-0.1, -0.05) is 36.1 Å². The number of para-hydroxylation sites is 1. The number of hydrogen-bond acceptors (Lipinski definition) is 7. The number of rotatable bonds is 7. The molecule has 1 aliphatic heterocycles. The molecule has 1 saturated heterocycles. The summed E-state index contributed by atoms with van der Waals surface area (Å²) >= 11 is 1.62. The van der Waals surface area contributed by atoms with Crippen LogP contribution < -0.4 is 15.8 Å². The van der Waals surface area contributed by atoms with Gasteiger partial charge in [-0.25, -0.2) is 9.98 Å². The molecule has 0 aliphatic carbocycles. The molecule has 4 rings (SSSR count). The van der Waals surface area contributed by atoms with E-state index >= 15 is 0 Å². The number of aromatic nitrogens is 1. The zero-order valence-corrected chi connectivity index (χ0v) is 16.7. The molecule has 6 nitrogen and oxygen atoms in total. The van der Waals surface area contributed by atoms with E-state index in [1.54, 1.807) is 23.6 Å². The molecule has 0 radical (unpaired) electrons. The summed E-state index contributed by atoms with van der Waals surface area (Å²) in [4.78, 5) is 8.90. The van der Waals surface area contributed by atoms with Crippen LogP contribution >= 0.6 is 11.3 Å². The predicted octanol–water partition coefficient (Wildman–Crippen LogP) is 4.84. The smallest absolute Gasteiger partial charge is 0.238 e. The van der Waals surface area contributed by atoms with Crippen LogP contribution in [0.25, 0.3) is 10.2 Å². The van der Waals surface area contributed by atoms with E-state index in [9.17, 15) is 0 Å². The number of aliphatic imine (C=N–C) groups is 1. The molecule has 0 spiro atoms. The lowest BCUT2D eigenvalue weighted by Crippen LogP contribution is -2.16. The quantitative estimate of drug-likeness (QED) is 0.433. The second-order valence-electron chi connectivity index (χ2n) is 6.57. The summed E-state index contributed by atoms with van der Waals surface area (Å²) in [6.45, 7) is 4.95. The number of nitrogens with one attached hydrogen (secondary N) is 1. The molecule has 7 heteroatoms. The Morgan fingerprint density at radius 3 is 2.83 bits per heavy atom. The Hall–Kier alpha value is -3.16. The molecule has 0 bridgehead atoms. The number of allylic oxidation sites excluding steroid dienone is 1. The van der Waals surface area contributed by atoms with E-state index in [1.165, 1.54) is 0 Å². The van der Waals surface area contributed by atoms with Crippen LogP contribution in [0.15, 0.2) is 77.8 Å². The van der Waals surface area contributed by atoms with E-state index in [1.807, 2.05) is 42.5 Å². The third-order valence-corrected chi connectivity index (χ3v) is 5.48. The first kappa shape index (κ1) is 19.2. The van der Waals surface area contributed by atoms with Gasteiger partial charge in [0.25, 0.3) is 0 Å². The van der Waals surface area contributed by atoms with Gasteiger partial charge >= 0.3 is 0 Å². The minimum Gasteiger partial charge on any atom is -0.437 e. The molecule has 1 aromatic heterocycles. The van der Waals surface area contributed by atoms with E-state index in [2.05, 4.69) is 27.9 Å². The van der Waals surface area contributed by atoms with Gasteiger partial charge in [-0.15, -0.1) is 0 Å². The summed E-state index contributed by atoms with van der Waals surface area (Å²) in [7, 11) is 0. The lowest BCUT2D eigenvalue weighted by atomic mass is 10.1. The minimum atomic E-state index is 0.118. The number of thiazole rings is 1. The number of hydrogen-bond donors (Lipinski definition) is 2. The Bertz CT molecular complexity index is 1020. The van der Waals surface area contributed by atoms with Gasteiger partial charge in [0, 0.05) is 24.4 Å². The highest BCUT2D eigenvalue weighted by atomic mass is 32.1. The number of nitrogens with two attached hydrogens (primary N) is 1. The van der Waals surface area contributed by atoms with Gasteiger partial charge in [-0.2, -0.15) is 0 Å². The molecular weight excluding hydrogens is 384 g/mol. The van der Waals surface area contributed by atoms with E-state index < -0.39 is 0 Å². The van der Waals surface area contributed by atoms with E-state index in [-0.39, 0.29) is 5.92 Å². The fraction of sp³-hybridized carbons (Fsp3) is 0.182. The summed E-state index contributed by atoms with van der Waals surface area (Å²) in [5, 5.41) is 4.18. The highest BCUT2D eigenvalue weighted by molar-refractivity contribution is 7.22. The van der Waals surface area contributed by atoms with Crippen LogP contribution in [0.1, 0.15) is 6.42 Å². The standard InChI is InChI=1S/C22H22N4O2S/c1-2-12-24-21(20(23)15-11-13-27-14-15)28-17-9-7-16(8-10-17)25-22-26-18-5-3-4-6-19(18)29-22/h2-10,12,15H,1,11,13-14,23H2,(H,25,26)/b21-20+,24-12?/t15-/m0/s1. The molecule has 1 atom stereocenters. The number of anilines is 2. The van der Waals surface area contributed by atoms with Crippen molar-refractivity contribution in [2.75, 3.05) is 18.5 Å². The Labute approximate surface area is 173 Å². The van der Waals surface area contributed by atoms with Crippen molar-refractivity contribution >= 4 is 38.6 Å². The predicted molar refractivity (Wildman–Crippen MR) is 119 cm³/mol. The van der Waals surface area contributed by atoms with Crippen molar-refractivity contribution < 1.29 is 9.47 Å². The fourth-order valence-electron chi connectivity index (χ4n) is 3.00. The molecule has 1 aliphatic rings. The second kappa shape index (κ2) is 8.89. The van der Waals surface area contributed by atoms with Gasteiger partial charge in [0.15, 0.2) is 5.13 Å². The maximum absolute atomic E-state index is 6.29. The Balaban J connectivity index is 1.49. The van der Waals surface area contributed by atoms with Crippen molar-refractivity contribution in [3.05, 3.63) is 72.8 Å². The van der Waals surface area contributed by atoms with Crippen molar-refractivity contribution in [2.45, 2.75) is 6.42 Å². The first-order valence-electron chi connectivity index (χ1n) is 9.36. The topological polar surface area (TPSA) is 81.8 Å². The first-order chi connectivity index (χ1) is 14.2. The SMILES string of the molecule is C=CC=N/C(Oc1ccc(Nc2nc3ccccc3s2)cc1)=C(\N)[C@H]1CCOC1. The second-order valence-corrected chi connectivity index (χ2v) is 7.60. The Morgan fingerprint density at radius 2 is 2.10 bits per heavy atom. The van der Waals surface area contributed by atoms with Gasteiger partial charge in [-0.3, -0.25) is 0 Å². The summed E-state index contributed by atoms with van der Waals surface area (Å²) < 4.78 is 12.5. The zero-order valence-electron chi connectivity index (χ0n) is 15.9. The maximum Gasteiger partial charge on any atom is 0.238 e. The lowest BCUT2D eigenvalue weighted by molar-refractivity contribution is 0.189. The van der Waals surface area contributed by atoms with E-state index in [4.69, 9.17) is 15.2 Å². The molecular formula is C22H22N4O2S. The van der Waals surface area contributed by atoms with Crippen LogP contribution in [-0.2, 0) is 4.74 Å². The van der Waals surface area contributed by atoms with Crippen molar-refractivity contribution in [2.24, 2.45) is 16.6 Å². The first-order valence-corrected chi connectivity index (χ1v) is 10.2. The van der Waals surface area contributed by atoms with Gasteiger partial charge < -0.3 is 20.5 Å². The molecule has 3 aromatic rings. The molecule has 3 N–H and O–H groups in total. The van der Waals surface area contributed by atoms with Crippen molar-refractivity contribution in [1.82, 2.24) is 4.98 Å². The van der Waals surface area contributed by atoms with Gasteiger partial charge in [0.2, 0.25) is 5.88 Å². The molecule has 2 heterocycles. The van der Waals surface area contributed by atoms with Gasteiger partial charge in [0.1, 0.15) is 5.75 Å². The summed E-state index contributed by atoms with van der Waals surface area (Å²) in [5.74, 6) is 1.15. The molecule has 0 unspecified atom stereocenters. The third-order valence-electron chi connectivity index (χ3n) is 4.53. The number of nitrogens with zero attached hydrogens (tertiary/aromatic N) is 2. The van der Waals surface area contributed by atoms with Gasteiger partial charge in [-0.05, 0) is 42.8 Å². The van der Waals surface area contributed by atoms with Crippen LogP contribution in [0.3, 0.4) is 0 Å². The summed E-state index contributed by atoms with van der Waals surface area (Å²) in [6.07, 6.45) is 4.03. The minimum absolute atomic E-state index is 0.118. The highest BCUT2D eigenvalue weighted by Crippen LogP contribution is 2.29. The van der Waals surface area contributed by atoms with Crippen LogP contribution in [0.5, 0.6) is 5.75 Å².